The molecule has 2 aliphatic rings. The van der Waals surface area contributed by atoms with Gasteiger partial charge in [0.15, 0.2) is 6.29 Å². The lowest BCUT2D eigenvalue weighted by Crippen LogP contribution is -2.44. The van der Waals surface area contributed by atoms with Crippen LogP contribution in [-0.2, 0) is 9.47 Å². The molecule has 3 nitrogen and oxygen atoms in total. The maximum Gasteiger partial charge on any atom is 0.184 e. The number of benzene rings is 1. The van der Waals surface area contributed by atoms with Crippen molar-refractivity contribution in [2.45, 2.75) is 37.7 Å². The van der Waals surface area contributed by atoms with E-state index in [1.165, 1.54) is 19.3 Å². The molecule has 1 aromatic rings. The average Bonchev–Trinajstić information content (AvgIpc) is 2.90. The van der Waals surface area contributed by atoms with Gasteiger partial charge in [-0.25, -0.2) is 0 Å². The van der Waals surface area contributed by atoms with E-state index in [1.54, 1.807) is 0 Å². The maximum atomic E-state index is 6.00. The zero-order chi connectivity index (χ0) is 11.5. The van der Waals surface area contributed by atoms with Crippen LogP contribution in [-0.4, -0.2) is 25.3 Å². The van der Waals surface area contributed by atoms with Crippen LogP contribution in [0.25, 0.3) is 0 Å². The largest absolute Gasteiger partial charge is 0.346 e. The SMILES string of the molecule is Cl.c1ccc(C2OCC(C3CCCCN3)O2)cc1. The highest BCUT2D eigenvalue weighted by Gasteiger charge is 2.33. The molecule has 0 aromatic heterocycles. The summed E-state index contributed by atoms with van der Waals surface area (Å²) in [5, 5.41) is 3.53. The molecule has 2 aliphatic heterocycles. The van der Waals surface area contributed by atoms with Gasteiger partial charge in [0.2, 0.25) is 0 Å². The lowest BCUT2D eigenvalue weighted by Gasteiger charge is -2.27. The number of piperidine rings is 1. The molecule has 0 radical (unpaired) electrons. The number of rotatable bonds is 2. The van der Waals surface area contributed by atoms with Gasteiger partial charge < -0.3 is 14.8 Å². The van der Waals surface area contributed by atoms with Crippen LogP contribution in [0.3, 0.4) is 0 Å². The van der Waals surface area contributed by atoms with E-state index in [4.69, 9.17) is 9.47 Å². The summed E-state index contributed by atoms with van der Waals surface area (Å²) in [5.74, 6) is 0. The third-order valence-corrected chi connectivity index (χ3v) is 3.58. The summed E-state index contributed by atoms with van der Waals surface area (Å²) in [6, 6.07) is 10.6. The molecule has 0 spiro atoms. The first-order chi connectivity index (χ1) is 8.43. The standard InChI is InChI=1S/C14H19NO2.ClH/c1-2-6-11(7-3-1)14-16-10-13(17-14)12-8-4-5-9-15-12;/h1-3,6-7,12-15H,4-5,8-10H2;1H. The topological polar surface area (TPSA) is 30.5 Å². The van der Waals surface area contributed by atoms with E-state index >= 15 is 0 Å². The molecule has 3 atom stereocenters. The molecule has 3 unspecified atom stereocenters. The van der Waals surface area contributed by atoms with E-state index < -0.39 is 0 Å². The van der Waals surface area contributed by atoms with Gasteiger partial charge in [-0.15, -0.1) is 12.4 Å². The van der Waals surface area contributed by atoms with Gasteiger partial charge in [-0.2, -0.15) is 0 Å². The molecule has 0 aliphatic carbocycles. The first-order valence-corrected chi connectivity index (χ1v) is 6.49. The van der Waals surface area contributed by atoms with Crippen molar-refractivity contribution in [1.29, 1.82) is 0 Å². The minimum absolute atomic E-state index is 0. The van der Waals surface area contributed by atoms with Crippen molar-refractivity contribution in [2.24, 2.45) is 0 Å². The number of halogens is 1. The molecule has 2 fully saturated rings. The third kappa shape index (κ3) is 3.04. The van der Waals surface area contributed by atoms with E-state index in [1.807, 2.05) is 18.2 Å². The van der Waals surface area contributed by atoms with E-state index in [9.17, 15) is 0 Å². The molecule has 0 bridgehead atoms. The minimum Gasteiger partial charge on any atom is -0.346 e. The summed E-state index contributed by atoms with van der Waals surface area (Å²) in [6.07, 6.45) is 3.82. The van der Waals surface area contributed by atoms with Crippen molar-refractivity contribution in [1.82, 2.24) is 5.32 Å². The maximum absolute atomic E-state index is 6.00. The summed E-state index contributed by atoms with van der Waals surface area (Å²) < 4.78 is 11.7. The first-order valence-electron chi connectivity index (χ1n) is 6.49. The smallest absolute Gasteiger partial charge is 0.184 e. The van der Waals surface area contributed by atoms with Crippen LogP contribution in [0.1, 0.15) is 31.1 Å². The number of ether oxygens (including phenoxy) is 2. The van der Waals surface area contributed by atoms with Crippen molar-refractivity contribution in [3.05, 3.63) is 35.9 Å². The van der Waals surface area contributed by atoms with Crippen molar-refractivity contribution < 1.29 is 9.47 Å². The Morgan fingerprint density at radius 2 is 1.94 bits per heavy atom. The van der Waals surface area contributed by atoms with Crippen LogP contribution >= 0.6 is 12.4 Å². The van der Waals surface area contributed by atoms with Gasteiger partial charge in [0.05, 0.1) is 12.7 Å². The Bertz CT molecular complexity index is 354. The third-order valence-electron chi connectivity index (χ3n) is 3.58. The predicted molar refractivity (Wildman–Crippen MR) is 72.9 cm³/mol. The minimum atomic E-state index is -0.176. The van der Waals surface area contributed by atoms with Crippen LogP contribution in [0, 0.1) is 0 Å². The van der Waals surface area contributed by atoms with Crippen molar-refractivity contribution in [3.63, 3.8) is 0 Å². The van der Waals surface area contributed by atoms with Crippen LogP contribution in [0.2, 0.25) is 0 Å². The highest BCUT2D eigenvalue weighted by atomic mass is 35.5. The van der Waals surface area contributed by atoms with E-state index in [0.29, 0.717) is 12.6 Å². The Balaban J connectivity index is 0.00000120. The Hall–Kier alpha value is -0.610. The van der Waals surface area contributed by atoms with Crippen molar-refractivity contribution in [3.8, 4) is 0 Å². The molecule has 18 heavy (non-hydrogen) atoms. The monoisotopic (exact) mass is 269 g/mol. The van der Waals surface area contributed by atoms with E-state index in [-0.39, 0.29) is 24.8 Å². The quantitative estimate of drug-likeness (QED) is 0.895. The highest BCUT2D eigenvalue weighted by Crippen LogP contribution is 2.29. The Labute approximate surface area is 114 Å². The van der Waals surface area contributed by atoms with Crippen LogP contribution in [0.4, 0.5) is 0 Å². The molecule has 4 heteroatoms. The van der Waals surface area contributed by atoms with E-state index in [2.05, 4.69) is 17.4 Å². The predicted octanol–water partition coefficient (Wildman–Crippen LogP) is 2.66. The molecule has 3 rings (SSSR count). The fourth-order valence-corrected chi connectivity index (χ4v) is 2.61. The molecular formula is C14H20ClNO2. The van der Waals surface area contributed by atoms with Crippen LogP contribution in [0.5, 0.6) is 0 Å². The van der Waals surface area contributed by atoms with Gasteiger partial charge in [-0.1, -0.05) is 36.8 Å². The zero-order valence-electron chi connectivity index (χ0n) is 10.4. The summed E-state index contributed by atoms with van der Waals surface area (Å²) in [6.45, 7) is 1.82. The Morgan fingerprint density at radius 1 is 1.11 bits per heavy atom. The Morgan fingerprint density at radius 3 is 2.67 bits per heavy atom. The molecular weight excluding hydrogens is 250 g/mol. The van der Waals surface area contributed by atoms with Gasteiger partial charge in [0.1, 0.15) is 0 Å². The number of hydrogen-bond acceptors (Lipinski definition) is 3. The molecule has 2 heterocycles. The van der Waals surface area contributed by atoms with Gasteiger partial charge in [-0.3, -0.25) is 0 Å². The first kappa shape index (κ1) is 13.8. The van der Waals surface area contributed by atoms with Gasteiger partial charge in [0.25, 0.3) is 0 Å². The van der Waals surface area contributed by atoms with Gasteiger partial charge in [0, 0.05) is 11.6 Å². The number of hydrogen-bond donors (Lipinski definition) is 1. The summed E-state index contributed by atoms with van der Waals surface area (Å²) >= 11 is 0. The average molecular weight is 270 g/mol. The highest BCUT2D eigenvalue weighted by molar-refractivity contribution is 5.85. The van der Waals surface area contributed by atoms with Gasteiger partial charge in [-0.05, 0) is 19.4 Å². The lowest BCUT2D eigenvalue weighted by atomic mass is 10.0. The molecule has 0 saturated carbocycles. The summed E-state index contributed by atoms with van der Waals surface area (Å²) in [4.78, 5) is 0. The zero-order valence-corrected chi connectivity index (χ0v) is 11.2. The van der Waals surface area contributed by atoms with E-state index in [0.717, 1.165) is 12.1 Å². The second kappa shape index (κ2) is 6.53. The second-order valence-corrected chi connectivity index (χ2v) is 4.81. The number of nitrogens with one attached hydrogen (secondary N) is 1. The normalized spacial score (nSPS) is 31.9. The van der Waals surface area contributed by atoms with Crippen LogP contribution in [0.15, 0.2) is 30.3 Å². The second-order valence-electron chi connectivity index (χ2n) is 4.81. The lowest BCUT2D eigenvalue weighted by molar-refractivity contribution is -0.0668. The molecule has 2 saturated heterocycles. The fraction of sp³-hybridized carbons (Fsp3) is 0.571. The van der Waals surface area contributed by atoms with Crippen molar-refractivity contribution >= 4 is 12.4 Å². The summed E-state index contributed by atoms with van der Waals surface area (Å²) in [5.41, 5.74) is 1.12. The van der Waals surface area contributed by atoms with Gasteiger partial charge >= 0.3 is 0 Å². The summed E-state index contributed by atoms with van der Waals surface area (Å²) in [7, 11) is 0. The molecule has 1 N–H and O–H groups in total. The molecule has 0 amide bonds. The Kier molecular flexibility index (Phi) is 5.01. The molecule has 1 aromatic carbocycles. The fourth-order valence-electron chi connectivity index (χ4n) is 2.61. The molecule has 100 valence electrons. The van der Waals surface area contributed by atoms with Crippen molar-refractivity contribution in [2.75, 3.05) is 13.2 Å². The van der Waals surface area contributed by atoms with Crippen LogP contribution < -0.4 is 5.32 Å².